The van der Waals surface area contributed by atoms with Gasteiger partial charge in [-0.3, -0.25) is 9.74 Å². The summed E-state index contributed by atoms with van der Waals surface area (Å²) >= 11 is 0. The first-order chi connectivity index (χ1) is 11.4. The molecule has 0 spiro atoms. The topological polar surface area (TPSA) is 74.6 Å². The molecule has 6 heteroatoms. The molecule has 1 N–H and O–H groups in total. The van der Waals surface area contributed by atoms with Gasteiger partial charge in [-0.05, 0) is 39.2 Å². The van der Waals surface area contributed by atoms with E-state index >= 15 is 0 Å². The lowest BCUT2D eigenvalue weighted by Crippen LogP contribution is -2.53. The minimum Gasteiger partial charge on any atom is -0.444 e. The first-order valence-electron chi connectivity index (χ1n) is 8.19. The van der Waals surface area contributed by atoms with E-state index in [1.165, 1.54) is 4.90 Å². The third-order valence-electron chi connectivity index (χ3n) is 3.69. The lowest BCUT2D eigenvalue weighted by atomic mass is 10.0. The van der Waals surface area contributed by atoms with Crippen molar-refractivity contribution in [3.05, 3.63) is 35.9 Å². The lowest BCUT2D eigenvalue weighted by Gasteiger charge is -2.37. The van der Waals surface area contributed by atoms with E-state index in [2.05, 4.69) is 11.5 Å². The van der Waals surface area contributed by atoms with Crippen LogP contribution in [0.15, 0.2) is 30.3 Å². The number of hydrogen-bond donors (Lipinski definition) is 1. The van der Waals surface area contributed by atoms with Crippen LogP contribution in [0.5, 0.6) is 0 Å². The first-order valence-corrected chi connectivity index (χ1v) is 8.19. The van der Waals surface area contributed by atoms with E-state index in [0.29, 0.717) is 19.6 Å². The van der Waals surface area contributed by atoms with Crippen LogP contribution >= 0.6 is 0 Å². The maximum atomic E-state index is 12.3. The summed E-state index contributed by atoms with van der Waals surface area (Å²) in [6.07, 6.45) is 0.914. The molecule has 0 radical (unpaired) electrons. The summed E-state index contributed by atoms with van der Waals surface area (Å²) in [5.74, 6) is 0. The number of carbonyl (C=O) groups is 1. The number of hydroxylamine groups is 1. The van der Waals surface area contributed by atoms with Crippen LogP contribution in [0.1, 0.15) is 39.2 Å². The molecule has 0 saturated carbocycles. The highest BCUT2D eigenvalue weighted by atomic mass is 16.6. The van der Waals surface area contributed by atoms with Crippen molar-refractivity contribution in [1.82, 2.24) is 10.4 Å². The molecule has 1 amide bonds. The van der Waals surface area contributed by atoms with Crippen molar-refractivity contribution in [3.63, 3.8) is 0 Å². The lowest BCUT2D eigenvalue weighted by molar-refractivity contribution is -0.0281. The van der Waals surface area contributed by atoms with Crippen LogP contribution in [-0.4, -0.2) is 35.2 Å². The number of benzene rings is 1. The molecular weight excluding hydrogens is 306 g/mol. The van der Waals surface area contributed by atoms with Crippen LogP contribution in [0.4, 0.5) is 4.79 Å². The van der Waals surface area contributed by atoms with Gasteiger partial charge in [0.25, 0.3) is 0 Å². The van der Waals surface area contributed by atoms with E-state index in [1.54, 1.807) is 0 Å². The highest BCUT2D eigenvalue weighted by Crippen LogP contribution is 2.20. The van der Waals surface area contributed by atoms with Gasteiger partial charge >= 0.3 is 6.09 Å². The van der Waals surface area contributed by atoms with Gasteiger partial charge in [0.05, 0.1) is 18.7 Å². The summed E-state index contributed by atoms with van der Waals surface area (Å²) in [6.45, 7) is 6.28. The third kappa shape index (κ3) is 5.52. The Morgan fingerprint density at radius 1 is 1.33 bits per heavy atom. The molecule has 1 aromatic carbocycles. The van der Waals surface area contributed by atoms with Crippen LogP contribution in [0.3, 0.4) is 0 Å². The van der Waals surface area contributed by atoms with Gasteiger partial charge in [0.2, 0.25) is 0 Å². The van der Waals surface area contributed by atoms with E-state index in [-0.39, 0.29) is 6.04 Å². The average Bonchev–Trinajstić information content (AvgIpc) is 2.54. The van der Waals surface area contributed by atoms with E-state index in [9.17, 15) is 10.1 Å². The summed E-state index contributed by atoms with van der Waals surface area (Å²) in [7, 11) is 0. The van der Waals surface area contributed by atoms with Crippen molar-refractivity contribution in [2.24, 2.45) is 0 Å². The number of rotatable bonds is 4. The second kappa shape index (κ2) is 8.13. The Morgan fingerprint density at radius 2 is 2.04 bits per heavy atom. The molecular formula is C18H25N3O3. The molecule has 6 nitrogen and oxygen atoms in total. The van der Waals surface area contributed by atoms with Gasteiger partial charge in [-0.15, -0.1) is 0 Å². The molecule has 1 fully saturated rings. The monoisotopic (exact) mass is 331 g/mol. The van der Waals surface area contributed by atoms with Crippen LogP contribution in [0, 0.1) is 11.3 Å². The number of carbonyl (C=O) groups excluding carboxylic acids is 1. The summed E-state index contributed by atoms with van der Waals surface area (Å²) in [5.41, 5.74) is 3.49. The maximum absolute atomic E-state index is 12.3. The second-order valence-electron chi connectivity index (χ2n) is 6.94. The van der Waals surface area contributed by atoms with Crippen LogP contribution < -0.4 is 5.48 Å². The van der Waals surface area contributed by atoms with Gasteiger partial charge in [-0.1, -0.05) is 30.3 Å². The van der Waals surface area contributed by atoms with Gasteiger partial charge in [0.1, 0.15) is 11.6 Å². The molecule has 130 valence electrons. The van der Waals surface area contributed by atoms with E-state index < -0.39 is 17.7 Å². The Morgan fingerprint density at radius 3 is 2.67 bits per heavy atom. The Kier molecular flexibility index (Phi) is 6.18. The van der Waals surface area contributed by atoms with Crippen molar-refractivity contribution in [2.75, 3.05) is 6.54 Å². The van der Waals surface area contributed by atoms with Gasteiger partial charge in [-0.2, -0.15) is 10.7 Å². The molecule has 1 saturated heterocycles. The highest BCUT2D eigenvalue weighted by molar-refractivity contribution is 5.69. The van der Waals surface area contributed by atoms with Crippen LogP contribution in [-0.2, 0) is 16.2 Å². The van der Waals surface area contributed by atoms with Crippen molar-refractivity contribution in [3.8, 4) is 6.07 Å². The fraction of sp³-hybridized carbons (Fsp3) is 0.556. The number of piperidine rings is 1. The van der Waals surface area contributed by atoms with Gasteiger partial charge in [0.15, 0.2) is 0 Å². The number of likely N-dealkylation sites (tertiary alicyclic amines) is 1. The SMILES string of the molecule is CC(C)(C)OC(=O)N1C[C@@H](NOCc2ccccc2)CC[C@@H]1C#N. The smallest absolute Gasteiger partial charge is 0.411 e. The number of nitrogens with zero attached hydrogens (tertiary/aromatic N) is 2. The molecule has 1 aromatic rings. The van der Waals surface area contributed by atoms with Gasteiger partial charge < -0.3 is 4.74 Å². The molecule has 0 aliphatic carbocycles. The minimum absolute atomic E-state index is 0.0224. The second-order valence-corrected chi connectivity index (χ2v) is 6.94. The Bertz CT molecular complexity index is 577. The third-order valence-corrected chi connectivity index (χ3v) is 3.69. The quantitative estimate of drug-likeness (QED) is 0.859. The minimum atomic E-state index is -0.582. The van der Waals surface area contributed by atoms with Crippen molar-refractivity contribution in [2.45, 2.75) is 57.9 Å². The van der Waals surface area contributed by atoms with Crippen molar-refractivity contribution in [1.29, 1.82) is 5.26 Å². The Labute approximate surface area is 143 Å². The number of ether oxygens (including phenoxy) is 1. The van der Waals surface area contributed by atoms with Gasteiger partial charge in [-0.25, -0.2) is 4.79 Å². The summed E-state index contributed by atoms with van der Waals surface area (Å²) < 4.78 is 5.40. The molecule has 0 bridgehead atoms. The zero-order chi connectivity index (χ0) is 17.6. The van der Waals surface area contributed by atoms with E-state index in [4.69, 9.17) is 9.57 Å². The van der Waals surface area contributed by atoms with E-state index in [1.807, 2.05) is 51.1 Å². The van der Waals surface area contributed by atoms with Crippen molar-refractivity contribution >= 4 is 6.09 Å². The van der Waals surface area contributed by atoms with Crippen molar-refractivity contribution < 1.29 is 14.4 Å². The molecule has 1 heterocycles. The predicted molar refractivity (Wildman–Crippen MR) is 89.7 cm³/mol. The van der Waals surface area contributed by atoms with Crippen LogP contribution in [0.25, 0.3) is 0 Å². The molecule has 1 aliphatic heterocycles. The predicted octanol–water partition coefficient (Wildman–Crippen LogP) is 3.00. The number of nitrogens with one attached hydrogen (secondary N) is 1. The zero-order valence-corrected chi connectivity index (χ0v) is 14.5. The first kappa shape index (κ1) is 18.2. The molecule has 1 aliphatic rings. The van der Waals surface area contributed by atoms with Crippen LogP contribution in [0.2, 0.25) is 0 Å². The summed E-state index contributed by atoms with van der Waals surface area (Å²) in [5, 5.41) is 9.27. The normalized spacial score (nSPS) is 21.2. The largest absolute Gasteiger partial charge is 0.444 e. The molecule has 0 unspecified atom stereocenters. The average molecular weight is 331 g/mol. The Balaban J connectivity index is 1.87. The standard InChI is InChI=1S/C18H25N3O3/c1-18(2,3)24-17(22)21-12-15(9-10-16(21)11-19)20-23-13-14-7-5-4-6-8-14/h4-8,15-16,20H,9-10,12-13H2,1-3H3/t15-,16+/m0/s1. The number of nitriles is 1. The molecule has 2 rings (SSSR count). The summed E-state index contributed by atoms with van der Waals surface area (Å²) in [6, 6.07) is 11.6. The highest BCUT2D eigenvalue weighted by Gasteiger charge is 2.34. The maximum Gasteiger partial charge on any atom is 0.411 e. The fourth-order valence-corrected chi connectivity index (χ4v) is 2.54. The Hall–Kier alpha value is -2.10. The molecule has 0 aromatic heterocycles. The van der Waals surface area contributed by atoms with Gasteiger partial charge in [0, 0.05) is 6.54 Å². The zero-order valence-electron chi connectivity index (χ0n) is 14.5. The molecule has 24 heavy (non-hydrogen) atoms. The number of hydrogen-bond acceptors (Lipinski definition) is 5. The molecule has 2 atom stereocenters. The van der Waals surface area contributed by atoms with E-state index in [0.717, 1.165) is 12.0 Å². The summed E-state index contributed by atoms with van der Waals surface area (Å²) in [4.78, 5) is 19.3. The fourth-order valence-electron chi connectivity index (χ4n) is 2.54. The number of amides is 1.